The van der Waals surface area contributed by atoms with Crippen LogP contribution in [0.1, 0.15) is 57.5 Å². The van der Waals surface area contributed by atoms with E-state index in [1.165, 1.54) is 6.07 Å². The Labute approximate surface area is 298 Å². The lowest BCUT2D eigenvalue weighted by molar-refractivity contribution is 0.0906. The number of carbonyl (C=O) groups excluding carboxylic acids is 2. The molecule has 0 atom stereocenters. The minimum Gasteiger partial charge on any atom is -0.356 e. The monoisotopic (exact) mass is 682 g/mol. The molecule has 0 aliphatic carbocycles. The molecule has 2 aliphatic heterocycles. The summed E-state index contributed by atoms with van der Waals surface area (Å²) in [5.74, 6) is 0.408. The number of carbonyl (C=O) groups is 2. The largest absolute Gasteiger partial charge is 0.356 e. The van der Waals surface area contributed by atoms with Crippen molar-refractivity contribution in [2.24, 2.45) is 0 Å². The number of nitrogens with one attached hydrogen (secondary N) is 2. The van der Waals surface area contributed by atoms with Crippen molar-refractivity contribution in [2.75, 3.05) is 31.1 Å². The van der Waals surface area contributed by atoms with Gasteiger partial charge < -0.3 is 15.5 Å². The Morgan fingerprint density at radius 2 is 1.41 bits per heavy atom. The van der Waals surface area contributed by atoms with Gasteiger partial charge in [-0.05, 0) is 91.8 Å². The van der Waals surface area contributed by atoms with Crippen LogP contribution in [0.5, 0.6) is 0 Å². The number of anilines is 1. The van der Waals surface area contributed by atoms with Gasteiger partial charge in [0.15, 0.2) is 0 Å². The first-order valence-corrected chi connectivity index (χ1v) is 17.8. The zero-order chi connectivity index (χ0) is 35.2. The third kappa shape index (κ3) is 8.49. The summed E-state index contributed by atoms with van der Waals surface area (Å²) in [5, 5.41) is 6.40. The zero-order valence-corrected chi connectivity index (χ0v) is 28.9. The van der Waals surface area contributed by atoms with Gasteiger partial charge in [0.2, 0.25) is 0 Å². The van der Waals surface area contributed by atoms with Crippen LogP contribution in [-0.4, -0.2) is 64.9 Å². The molecule has 0 unspecified atom stereocenters. The smallest absolute Gasteiger partial charge is 0.251 e. The third-order valence-electron chi connectivity index (χ3n) is 10.0. The first-order chi connectivity index (χ1) is 24.9. The minimum absolute atomic E-state index is 0.0477. The van der Waals surface area contributed by atoms with Crippen LogP contribution in [0, 0.1) is 12.7 Å². The van der Waals surface area contributed by atoms with Gasteiger partial charge in [-0.1, -0.05) is 54.1 Å². The average molecular weight is 683 g/mol. The van der Waals surface area contributed by atoms with Gasteiger partial charge in [-0.25, -0.2) is 9.37 Å². The topological polar surface area (TPSA) is 90.5 Å². The van der Waals surface area contributed by atoms with E-state index in [0.29, 0.717) is 16.7 Å². The lowest BCUT2D eigenvalue weighted by Gasteiger charge is -2.34. The second kappa shape index (κ2) is 15.6. The molecule has 2 amide bonds. The van der Waals surface area contributed by atoms with Crippen molar-refractivity contribution in [1.29, 1.82) is 0 Å². The zero-order valence-electron chi connectivity index (χ0n) is 28.9. The van der Waals surface area contributed by atoms with Crippen LogP contribution in [0.25, 0.3) is 22.3 Å². The van der Waals surface area contributed by atoms with Crippen molar-refractivity contribution >= 4 is 17.6 Å². The maximum atomic E-state index is 14.6. The Kier molecular flexibility index (Phi) is 10.4. The fourth-order valence-corrected chi connectivity index (χ4v) is 6.98. The van der Waals surface area contributed by atoms with Crippen molar-refractivity contribution in [2.45, 2.75) is 51.2 Å². The highest BCUT2D eigenvalue weighted by Crippen LogP contribution is 2.26. The highest BCUT2D eigenvalue weighted by atomic mass is 19.1. The number of nitrogens with zero attached hydrogens (tertiary/aromatic N) is 4. The van der Waals surface area contributed by atoms with E-state index in [9.17, 15) is 14.0 Å². The van der Waals surface area contributed by atoms with Crippen LogP contribution < -0.4 is 15.5 Å². The second-order valence-corrected chi connectivity index (χ2v) is 13.7. The Morgan fingerprint density at radius 3 is 2.08 bits per heavy atom. The van der Waals surface area contributed by atoms with Crippen LogP contribution in [0.4, 0.5) is 10.2 Å². The highest BCUT2D eigenvalue weighted by Gasteiger charge is 2.24. The quantitative estimate of drug-likeness (QED) is 0.173. The van der Waals surface area contributed by atoms with Crippen LogP contribution in [0.2, 0.25) is 0 Å². The van der Waals surface area contributed by atoms with Crippen molar-refractivity contribution in [1.82, 2.24) is 25.5 Å². The Balaban J connectivity index is 0.848. The number of hydrogen-bond acceptors (Lipinski definition) is 6. The summed E-state index contributed by atoms with van der Waals surface area (Å²) in [6.07, 6.45) is 8.93. The molecule has 260 valence electrons. The molecule has 2 fully saturated rings. The van der Waals surface area contributed by atoms with Crippen LogP contribution in [0.15, 0.2) is 110 Å². The third-order valence-corrected chi connectivity index (χ3v) is 10.0. The van der Waals surface area contributed by atoms with Gasteiger partial charge in [0, 0.05) is 85.7 Å². The first-order valence-electron chi connectivity index (χ1n) is 17.8. The number of aryl methyl sites for hydroxylation is 1. The molecule has 4 heterocycles. The molecule has 0 saturated carbocycles. The second-order valence-electron chi connectivity index (χ2n) is 13.7. The molecule has 0 radical (unpaired) electrons. The molecule has 0 bridgehead atoms. The molecule has 2 aromatic heterocycles. The van der Waals surface area contributed by atoms with Gasteiger partial charge >= 0.3 is 0 Å². The predicted octanol–water partition coefficient (Wildman–Crippen LogP) is 7.05. The molecule has 3 aromatic carbocycles. The first kappa shape index (κ1) is 34.1. The van der Waals surface area contributed by atoms with Gasteiger partial charge in [0.25, 0.3) is 11.8 Å². The number of rotatable bonds is 9. The van der Waals surface area contributed by atoms with Crippen LogP contribution >= 0.6 is 0 Å². The Morgan fingerprint density at radius 1 is 0.725 bits per heavy atom. The molecule has 2 saturated heterocycles. The number of benzene rings is 3. The van der Waals surface area contributed by atoms with E-state index in [-0.39, 0.29) is 29.7 Å². The maximum Gasteiger partial charge on any atom is 0.251 e. The number of piperidine rings is 2. The van der Waals surface area contributed by atoms with E-state index in [2.05, 4.69) is 37.6 Å². The van der Waals surface area contributed by atoms with E-state index in [0.717, 1.165) is 92.0 Å². The van der Waals surface area contributed by atoms with E-state index < -0.39 is 0 Å². The van der Waals surface area contributed by atoms with Crippen LogP contribution in [0.3, 0.4) is 0 Å². The van der Waals surface area contributed by atoms with Gasteiger partial charge in [-0.15, -0.1) is 0 Å². The fourth-order valence-electron chi connectivity index (χ4n) is 6.98. The molecule has 51 heavy (non-hydrogen) atoms. The normalized spacial score (nSPS) is 15.8. The van der Waals surface area contributed by atoms with Crippen molar-refractivity contribution in [3.63, 3.8) is 0 Å². The van der Waals surface area contributed by atoms with Crippen molar-refractivity contribution < 1.29 is 14.0 Å². The lowest BCUT2D eigenvalue weighted by atomic mass is 10.00. The number of aromatic nitrogens is 2. The molecule has 8 nitrogen and oxygen atoms in total. The Bertz CT molecular complexity index is 1950. The highest BCUT2D eigenvalue weighted by molar-refractivity contribution is 5.96. The van der Waals surface area contributed by atoms with E-state index >= 15 is 0 Å². The molecule has 9 heteroatoms. The Hall–Kier alpha value is -5.41. The van der Waals surface area contributed by atoms with E-state index in [1.807, 2.05) is 73.8 Å². The number of halogens is 1. The van der Waals surface area contributed by atoms with E-state index in [1.54, 1.807) is 24.5 Å². The minimum atomic E-state index is -0.336. The number of likely N-dealkylation sites (tertiary alicyclic amines) is 1. The summed E-state index contributed by atoms with van der Waals surface area (Å²) < 4.78 is 14.6. The fraction of sp³-hybridized carbons (Fsp3) is 0.286. The maximum absolute atomic E-state index is 14.6. The molecule has 0 spiro atoms. The predicted molar refractivity (Wildman–Crippen MR) is 199 cm³/mol. The van der Waals surface area contributed by atoms with Crippen molar-refractivity contribution in [3.05, 3.63) is 138 Å². The average Bonchev–Trinajstić information content (AvgIpc) is 3.17. The summed E-state index contributed by atoms with van der Waals surface area (Å²) >= 11 is 0. The molecule has 2 aliphatic rings. The van der Waals surface area contributed by atoms with Gasteiger partial charge in [-0.2, -0.15) is 0 Å². The summed E-state index contributed by atoms with van der Waals surface area (Å²) in [6, 6.07) is 28.2. The molecule has 5 aromatic rings. The number of amides is 2. The SMILES string of the molecule is Cc1ccc(-c2cc(C(=O)NC3CCN(Cc4ccc(N5CCC(NC(=O)c6cccc(-c7cccnc7)c6)CC5)nc4)CC3)ccc2F)cc1. The summed E-state index contributed by atoms with van der Waals surface area (Å²) in [5.41, 5.74) is 6.54. The molecular formula is C42H43FN6O2. The summed E-state index contributed by atoms with van der Waals surface area (Å²) in [7, 11) is 0. The van der Waals surface area contributed by atoms with E-state index in [4.69, 9.17) is 4.98 Å². The lowest BCUT2D eigenvalue weighted by Crippen LogP contribution is -2.45. The van der Waals surface area contributed by atoms with Gasteiger partial charge in [0.05, 0.1) is 0 Å². The van der Waals surface area contributed by atoms with Gasteiger partial charge in [-0.3, -0.25) is 19.5 Å². The summed E-state index contributed by atoms with van der Waals surface area (Å²) in [6.45, 7) is 6.21. The number of hydrogen-bond donors (Lipinski definition) is 2. The van der Waals surface area contributed by atoms with Gasteiger partial charge in [0.1, 0.15) is 11.6 Å². The van der Waals surface area contributed by atoms with Crippen LogP contribution in [-0.2, 0) is 6.54 Å². The molecule has 2 N–H and O–H groups in total. The molecule has 7 rings (SSSR count). The standard InChI is InChI=1S/C42H43FN6O2/c1-29-7-10-31(11-8-29)38-25-34(12-13-39(38)43)42(51)46-36-15-20-48(21-16-36)28-30-9-14-40(45-26-30)49-22-17-37(18-23-49)47-41(50)33-5-2-4-32(24-33)35-6-3-19-44-27-35/h2-14,19,24-27,36-37H,15-18,20-23,28H2,1H3,(H,46,51)(H,47,50). The summed E-state index contributed by atoms with van der Waals surface area (Å²) in [4.78, 5) is 39.8. The molecular weight excluding hydrogens is 640 g/mol. The van der Waals surface area contributed by atoms with Crippen molar-refractivity contribution in [3.8, 4) is 22.3 Å². The number of pyridine rings is 2.